The number of nitrogens with one attached hydrogen (secondary N) is 3. The number of carbonyl (C=O) groups is 1. The summed E-state index contributed by atoms with van der Waals surface area (Å²) in [7, 11) is 0. The highest BCUT2D eigenvalue weighted by Crippen LogP contribution is 2.19. The third-order valence-corrected chi connectivity index (χ3v) is 4.18. The van der Waals surface area contributed by atoms with Crippen molar-refractivity contribution in [3.05, 3.63) is 41.6 Å². The Hall–Kier alpha value is -2.38. The van der Waals surface area contributed by atoms with Gasteiger partial charge in [-0.05, 0) is 25.5 Å². The second-order valence-electron chi connectivity index (χ2n) is 6.35. The molecule has 2 heterocycles. The zero-order chi connectivity index (χ0) is 17.6. The van der Waals surface area contributed by atoms with E-state index in [1.807, 2.05) is 44.2 Å². The zero-order valence-corrected chi connectivity index (χ0v) is 14.7. The summed E-state index contributed by atoms with van der Waals surface area (Å²) >= 11 is 0. The third kappa shape index (κ3) is 4.58. The van der Waals surface area contributed by atoms with E-state index in [4.69, 9.17) is 4.74 Å². The number of amides is 2. The molecule has 0 unspecified atom stereocenters. The third-order valence-electron chi connectivity index (χ3n) is 4.18. The first-order valence-corrected chi connectivity index (χ1v) is 8.59. The summed E-state index contributed by atoms with van der Waals surface area (Å²) in [5.41, 5.74) is 2.89. The molecule has 7 heteroatoms. The lowest BCUT2D eigenvalue weighted by Gasteiger charge is -2.15. The molecule has 134 valence electrons. The highest BCUT2D eigenvalue weighted by Gasteiger charge is 2.15. The number of hydrogen-bond donors (Lipinski definition) is 3. The van der Waals surface area contributed by atoms with Crippen LogP contribution in [-0.2, 0) is 4.74 Å². The van der Waals surface area contributed by atoms with Crippen molar-refractivity contribution in [2.75, 3.05) is 38.2 Å². The van der Waals surface area contributed by atoms with Gasteiger partial charge in [0.1, 0.15) is 5.82 Å². The topological polar surface area (TPSA) is 80.2 Å². The Morgan fingerprint density at radius 1 is 1.40 bits per heavy atom. The first kappa shape index (κ1) is 17.4. The standard InChI is InChI=1S/C18H25N5O2/c1-13-5-3-4-6-16(13)23-17(9-14(2)22-23)21-18(24)20-11-15-10-19-7-8-25-12-15/h3-6,9,15,19H,7-8,10-12H2,1-2H3,(H2,20,21,24)/t15-/m0/s1. The van der Waals surface area contributed by atoms with Crippen LogP contribution in [0, 0.1) is 19.8 Å². The molecule has 1 saturated heterocycles. The maximum Gasteiger partial charge on any atom is 0.320 e. The van der Waals surface area contributed by atoms with E-state index in [-0.39, 0.29) is 11.9 Å². The summed E-state index contributed by atoms with van der Waals surface area (Å²) in [4.78, 5) is 12.3. The number of hydrogen-bond acceptors (Lipinski definition) is 4. The number of nitrogens with zero attached hydrogens (tertiary/aromatic N) is 2. The number of anilines is 1. The molecule has 1 aromatic carbocycles. The number of para-hydroxylation sites is 1. The molecule has 2 aromatic rings. The normalized spacial score (nSPS) is 17.8. The predicted molar refractivity (Wildman–Crippen MR) is 97.2 cm³/mol. The van der Waals surface area contributed by atoms with E-state index in [1.165, 1.54) is 0 Å². The lowest BCUT2D eigenvalue weighted by molar-refractivity contribution is 0.123. The van der Waals surface area contributed by atoms with Crippen molar-refractivity contribution in [2.24, 2.45) is 5.92 Å². The van der Waals surface area contributed by atoms with Crippen molar-refractivity contribution in [1.82, 2.24) is 20.4 Å². The largest absolute Gasteiger partial charge is 0.380 e. The maximum absolute atomic E-state index is 12.3. The number of aromatic nitrogens is 2. The molecule has 0 spiro atoms. The lowest BCUT2D eigenvalue weighted by atomic mass is 10.1. The SMILES string of the molecule is Cc1cc(NC(=O)NC[C@@H]2CNCCOC2)n(-c2ccccc2C)n1. The van der Waals surface area contributed by atoms with Crippen LogP contribution in [0.15, 0.2) is 30.3 Å². The summed E-state index contributed by atoms with van der Waals surface area (Å²) in [6.07, 6.45) is 0. The predicted octanol–water partition coefficient (Wildman–Crippen LogP) is 1.85. The molecule has 1 aliphatic rings. The Morgan fingerprint density at radius 3 is 3.08 bits per heavy atom. The minimum atomic E-state index is -0.237. The Labute approximate surface area is 147 Å². The molecule has 7 nitrogen and oxygen atoms in total. The fourth-order valence-corrected chi connectivity index (χ4v) is 2.86. The minimum absolute atomic E-state index is 0.237. The van der Waals surface area contributed by atoms with Gasteiger partial charge < -0.3 is 15.4 Å². The molecule has 1 atom stereocenters. The summed E-state index contributed by atoms with van der Waals surface area (Å²) in [5.74, 6) is 0.927. The Kier molecular flexibility index (Phi) is 5.67. The second-order valence-corrected chi connectivity index (χ2v) is 6.35. The van der Waals surface area contributed by atoms with Gasteiger partial charge in [0, 0.05) is 31.6 Å². The lowest BCUT2D eigenvalue weighted by Crippen LogP contribution is -2.37. The highest BCUT2D eigenvalue weighted by molar-refractivity contribution is 5.88. The van der Waals surface area contributed by atoms with Crippen LogP contribution >= 0.6 is 0 Å². The van der Waals surface area contributed by atoms with Crippen molar-refractivity contribution < 1.29 is 9.53 Å². The molecular formula is C18H25N5O2. The van der Waals surface area contributed by atoms with Crippen molar-refractivity contribution in [3.63, 3.8) is 0 Å². The second kappa shape index (κ2) is 8.13. The number of benzene rings is 1. The molecule has 0 saturated carbocycles. The molecule has 0 bridgehead atoms. The van der Waals surface area contributed by atoms with E-state index in [0.29, 0.717) is 19.0 Å². The van der Waals surface area contributed by atoms with Crippen LogP contribution in [0.5, 0.6) is 0 Å². The van der Waals surface area contributed by atoms with E-state index in [1.54, 1.807) is 4.68 Å². The summed E-state index contributed by atoms with van der Waals surface area (Å²) in [5, 5.41) is 13.6. The van der Waals surface area contributed by atoms with Gasteiger partial charge in [0.25, 0.3) is 0 Å². The van der Waals surface area contributed by atoms with Crippen LogP contribution < -0.4 is 16.0 Å². The fourth-order valence-electron chi connectivity index (χ4n) is 2.86. The minimum Gasteiger partial charge on any atom is -0.380 e. The first-order valence-electron chi connectivity index (χ1n) is 8.59. The van der Waals surface area contributed by atoms with Gasteiger partial charge >= 0.3 is 6.03 Å². The van der Waals surface area contributed by atoms with Crippen molar-refractivity contribution in [2.45, 2.75) is 13.8 Å². The Balaban J connectivity index is 1.64. The molecule has 1 fully saturated rings. The van der Waals surface area contributed by atoms with Crippen LogP contribution in [0.4, 0.5) is 10.6 Å². The van der Waals surface area contributed by atoms with E-state index >= 15 is 0 Å². The smallest absolute Gasteiger partial charge is 0.320 e. The molecule has 2 amide bonds. The van der Waals surface area contributed by atoms with Gasteiger partial charge in [-0.1, -0.05) is 18.2 Å². The van der Waals surface area contributed by atoms with Gasteiger partial charge in [-0.2, -0.15) is 5.10 Å². The van der Waals surface area contributed by atoms with Gasteiger partial charge in [-0.25, -0.2) is 9.48 Å². The average molecular weight is 343 g/mol. The van der Waals surface area contributed by atoms with E-state index < -0.39 is 0 Å². The number of aryl methyl sites for hydroxylation is 2. The van der Waals surface area contributed by atoms with Crippen LogP contribution in [0.2, 0.25) is 0 Å². The zero-order valence-electron chi connectivity index (χ0n) is 14.7. The summed E-state index contributed by atoms with van der Waals surface area (Å²) < 4.78 is 7.27. The maximum atomic E-state index is 12.3. The number of carbonyl (C=O) groups excluding carboxylic acids is 1. The van der Waals surface area contributed by atoms with E-state index in [0.717, 1.165) is 36.6 Å². The monoisotopic (exact) mass is 343 g/mol. The average Bonchev–Trinajstić information content (AvgIpc) is 2.80. The first-order chi connectivity index (χ1) is 12.1. The quantitative estimate of drug-likeness (QED) is 0.791. The molecule has 3 rings (SSSR count). The van der Waals surface area contributed by atoms with Crippen LogP contribution in [0.3, 0.4) is 0 Å². The number of urea groups is 1. The van der Waals surface area contributed by atoms with Crippen molar-refractivity contribution in [1.29, 1.82) is 0 Å². The van der Waals surface area contributed by atoms with E-state index in [9.17, 15) is 4.79 Å². The Morgan fingerprint density at radius 2 is 2.24 bits per heavy atom. The van der Waals surface area contributed by atoms with Crippen LogP contribution in [0.25, 0.3) is 5.69 Å². The van der Waals surface area contributed by atoms with Gasteiger partial charge in [-0.3, -0.25) is 5.32 Å². The van der Waals surface area contributed by atoms with Crippen LogP contribution in [-0.4, -0.2) is 48.7 Å². The van der Waals surface area contributed by atoms with Crippen molar-refractivity contribution >= 4 is 11.8 Å². The molecule has 25 heavy (non-hydrogen) atoms. The van der Waals surface area contributed by atoms with Gasteiger partial charge in [-0.15, -0.1) is 0 Å². The molecule has 3 N–H and O–H groups in total. The Bertz CT molecular complexity index is 720. The molecule has 0 radical (unpaired) electrons. The van der Waals surface area contributed by atoms with Gasteiger partial charge in [0.05, 0.1) is 24.6 Å². The molecular weight excluding hydrogens is 318 g/mol. The fraction of sp³-hybridized carbons (Fsp3) is 0.444. The van der Waals surface area contributed by atoms with E-state index in [2.05, 4.69) is 21.0 Å². The number of rotatable bonds is 4. The molecule has 1 aromatic heterocycles. The summed E-state index contributed by atoms with van der Waals surface area (Å²) in [6, 6.07) is 9.58. The molecule has 1 aliphatic heterocycles. The number of ether oxygens (including phenoxy) is 1. The molecule has 0 aliphatic carbocycles. The van der Waals surface area contributed by atoms with Gasteiger partial charge in [0.15, 0.2) is 0 Å². The summed E-state index contributed by atoms with van der Waals surface area (Å²) in [6.45, 7) is 7.58. The van der Waals surface area contributed by atoms with Crippen LogP contribution in [0.1, 0.15) is 11.3 Å². The highest BCUT2D eigenvalue weighted by atomic mass is 16.5. The van der Waals surface area contributed by atoms with Crippen molar-refractivity contribution in [3.8, 4) is 5.69 Å². The van der Waals surface area contributed by atoms with Gasteiger partial charge in [0.2, 0.25) is 0 Å².